The van der Waals surface area contributed by atoms with Gasteiger partial charge in [-0.1, -0.05) is 84.7 Å². The Morgan fingerprint density at radius 1 is 1.00 bits per heavy atom. The zero-order valence-electron chi connectivity index (χ0n) is 27.0. The van der Waals surface area contributed by atoms with Crippen LogP contribution in [0.15, 0.2) is 41.3 Å². The van der Waals surface area contributed by atoms with Crippen molar-refractivity contribution in [3.63, 3.8) is 0 Å². The Kier molecular flexibility index (Phi) is 10.3. The van der Waals surface area contributed by atoms with Crippen molar-refractivity contribution in [2.24, 2.45) is 5.92 Å². The van der Waals surface area contributed by atoms with Crippen LogP contribution in [0, 0.1) is 5.92 Å². The van der Waals surface area contributed by atoms with E-state index in [9.17, 15) is 24.3 Å². The highest BCUT2D eigenvalue weighted by Crippen LogP contribution is 2.46. The van der Waals surface area contributed by atoms with Gasteiger partial charge in [0.05, 0.1) is 26.4 Å². The van der Waals surface area contributed by atoms with Gasteiger partial charge in [0.25, 0.3) is 5.91 Å². The summed E-state index contributed by atoms with van der Waals surface area (Å²) in [6.07, 6.45) is -1.99. The second-order valence-corrected chi connectivity index (χ2v) is 25.7. The van der Waals surface area contributed by atoms with Crippen LogP contribution in [0.3, 0.4) is 0 Å². The van der Waals surface area contributed by atoms with Crippen LogP contribution in [0.4, 0.5) is 5.82 Å². The number of imide groups is 1. The van der Waals surface area contributed by atoms with Crippen molar-refractivity contribution in [2.75, 3.05) is 11.5 Å². The molecule has 3 aliphatic heterocycles. The molecule has 4 atom stereocenters. The molecule has 1 N–H and O–H groups in total. The minimum Gasteiger partial charge on any atom is -0.394 e. The normalized spacial score (nSPS) is 22.4. The van der Waals surface area contributed by atoms with Crippen LogP contribution in [0.2, 0.25) is 22.2 Å². The van der Waals surface area contributed by atoms with Gasteiger partial charge in [-0.15, -0.1) is 0 Å². The molecule has 0 saturated carbocycles. The van der Waals surface area contributed by atoms with E-state index in [4.69, 9.17) is 14.2 Å². The summed E-state index contributed by atoms with van der Waals surface area (Å²) in [6, 6.07) is 7.53. The molecule has 13 heteroatoms. The second kappa shape index (κ2) is 13.3. The number of carbonyl (C=O) groups excluding carboxylic acids is 3. The standard InChI is InChI=1S/C31H45N3O8Si2/c1-17(2)43(18(3)4)44(19(5)6,20(7)8)42-41-28-24(16-35)40-30-26(28)27(37)22-12-10-11-13-23(22)29(38)34(21(9)36)25-14-15-33(30)31(39)32-25/h10-15,17-20,24,26,28,30,35,43H,16H2,1-9H3/t24-,26-,28-,30-/m1/s1. The van der Waals surface area contributed by atoms with E-state index in [0.717, 1.165) is 9.47 Å². The number of aliphatic hydroxyl groups is 1. The highest BCUT2D eigenvalue weighted by atomic mass is 29.2. The quantitative estimate of drug-likeness (QED) is 0.240. The third-order valence-corrected chi connectivity index (χ3v) is 28.5. The van der Waals surface area contributed by atoms with E-state index >= 15 is 0 Å². The number of carbonyl (C=O) groups is 3. The number of nitrogens with zero attached hydrogens (tertiary/aromatic N) is 3. The van der Waals surface area contributed by atoms with Crippen molar-refractivity contribution >= 4 is 39.6 Å². The van der Waals surface area contributed by atoms with E-state index < -0.39 is 70.4 Å². The lowest BCUT2D eigenvalue weighted by molar-refractivity contribution is -0.271. The predicted molar refractivity (Wildman–Crippen MR) is 170 cm³/mol. The van der Waals surface area contributed by atoms with Crippen LogP contribution >= 0.6 is 0 Å². The number of Topliss-reactive ketones (excluding diaryl/α,β-unsaturated/α-hetero) is 1. The summed E-state index contributed by atoms with van der Waals surface area (Å²) in [5.74, 6) is -3.33. The zero-order chi connectivity index (χ0) is 32.7. The summed E-state index contributed by atoms with van der Waals surface area (Å²) in [5.41, 5.74) is 0.455. The molecule has 240 valence electrons. The molecule has 0 radical (unpaired) electrons. The number of hydrogen-bond donors (Lipinski definition) is 1. The Bertz CT molecular complexity index is 1440. The van der Waals surface area contributed by atoms with Gasteiger partial charge in [-0.2, -0.15) is 4.98 Å². The first-order valence-corrected chi connectivity index (χ1v) is 20.6. The van der Waals surface area contributed by atoms with Gasteiger partial charge in [-0.3, -0.25) is 23.5 Å². The molecule has 1 fully saturated rings. The van der Waals surface area contributed by atoms with Gasteiger partial charge in [0, 0.05) is 18.7 Å². The molecule has 11 nitrogen and oxygen atoms in total. The summed E-state index contributed by atoms with van der Waals surface area (Å²) in [4.78, 5) is 65.5. The minimum atomic E-state index is -2.62. The molecule has 0 unspecified atom stereocenters. The number of amides is 2. The van der Waals surface area contributed by atoms with Gasteiger partial charge < -0.3 is 9.84 Å². The molecule has 0 spiro atoms. The number of aromatic nitrogens is 2. The Morgan fingerprint density at radius 3 is 2.09 bits per heavy atom. The molecular weight excluding hydrogens is 599 g/mol. The maximum atomic E-state index is 14.5. The zero-order valence-corrected chi connectivity index (χ0v) is 29.2. The lowest BCUT2D eigenvalue weighted by Crippen LogP contribution is -2.61. The van der Waals surface area contributed by atoms with Crippen LogP contribution in [-0.2, 0) is 19.0 Å². The molecule has 1 saturated heterocycles. The number of anilines is 1. The first kappa shape index (κ1) is 34.1. The minimum absolute atomic E-state index is 0.0253. The molecule has 2 bridgehead atoms. The maximum absolute atomic E-state index is 14.5. The molecule has 2 amide bonds. The maximum Gasteiger partial charge on any atom is 0.351 e. The molecule has 1 aromatic carbocycles. The van der Waals surface area contributed by atoms with Gasteiger partial charge in [0.2, 0.25) is 13.7 Å². The molecule has 1 aromatic heterocycles. The topological polar surface area (TPSA) is 137 Å². The first-order valence-electron chi connectivity index (χ1n) is 15.4. The third kappa shape index (κ3) is 5.81. The Labute approximate surface area is 261 Å². The largest absolute Gasteiger partial charge is 0.394 e. The summed E-state index contributed by atoms with van der Waals surface area (Å²) in [7, 11) is -4.22. The van der Waals surface area contributed by atoms with Crippen molar-refractivity contribution in [2.45, 2.75) is 103 Å². The average Bonchev–Trinajstić information content (AvgIpc) is 3.31. The molecule has 2 aromatic rings. The fourth-order valence-corrected chi connectivity index (χ4v) is 26.1. The second-order valence-electron chi connectivity index (χ2n) is 13.1. The highest BCUT2D eigenvalue weighted by Gasteiger charge is 2.57. The van der Waals surface area contributed by atoms with E-state index in [2.05, 4.69) is 60.4 Å². The molecular formula is C31H45N3O8Si2. The van der Waals surface area contributed by atoms with E-state index in [1.807, 2.05) is 0 Å². The number of rotatable bonds is 9. The molecule has 44 heavy (non-hydrogen) atoms. The lowest BCUT2D eigenvalue weighted by Gasteiger charge is -2.46. The van der Waals surface area contributed by atoms with Crippen molar-refractivity contribution in [3.8, 4) is 0 Å². The lowest BCUT2D eigenvalue weighted by atomic mass is 9.88. The van der Waals surface area contributed by atoms with Crippen LogP contribution < -0.4 is 10.6 Å². The predicted octanol–water partition coefficient (Wildman–Crippen LogP) is 4.35. The van der Waals surface area contributed by atoms with Crippen molar-refractivity contribution in [3.05, 3.63) is 58.1 Å². The van der Waals surface area contributed by atoms with Gasteiger partial charge in [0.1, 0.15) is 18.0 Å². The van der Waals surface area contributed by atoms with Crippen molar-refractivity contribution in [1.82, 2.24) is 9.55 Å². The van der Waals surface area contributed by atoms with Gasteiger partial charge in [-0.25, -0.2) is 14.6 Å². The van der Waals surface area contributed by atoms with Gasteiger partial charge in [-0.05, 0) is 23.2 Å². The van der Waals surface area contributed by atoms with E-state index in [-0.39, 0.29) is 28.0 Å². The van der Waals surface area contributed by atoms with Crippen LogP contribution in [0.5, 0.6) is 0 Å². The summed E-state index contributed by atoms with van der Waals surface area (Å²) in [5, 5.41) is 10.5. The SMILES string of the molecule is CC(=O)N1C(=O)c2ccccc2C(=O)[C@@H]2[C@H](OO[Si](C(C)C)(C(C)C)[SiH](C(C)C)C(C)C)[C@@H](CO)O[C@H]2n2ccc1nc2=O. The fourth-order valence-electron chi connectivity index (χ4n) is 7.47. The number of benzene rings is 1. The van der Waals surface area contributed by atoms with E-state index in [0.29, 0.717) is 11.1 Å². The van der Waals surface area contributed by atoms with Crippen molar-refractivity contribution < 1.29 is 33.7 Å². The summed E-state index contributed by atoms with van der Waals surface area (Å²) < 4.78 is 14.1. The number of aliphatic hydroxyl groups excluding tert-OH is 1. The number of hydrogen-bond acceptors (Lipinski definition) is 9. The van der Waals surface area contributed by atoms with E-state index in [1.165, 1.54) is 31.3 Å². The van der Waals surface area contributed by atoms with Crippen molar-refractivity contribution in [1.29, 1.82) is 0 Å². The van der Waals surface area contributed by atoms with Gasteiger partial charge >= 0.3 is 5.69 Å². The van der Waals surface area contributed by atoms with Crippen LogP contribution in [-0.4, -0.2) is 67.2 Å². The number of ketones is 1. The Balaban J connectivity index is 1.90. The highest BCUT2D eigenvalue weighted by molar-refractivity contribution is 7.32. The Hall–Kier alpha value is -2.82. The first-order chi connectivity index (χ1) is 20.7. The average molecular weight is 644 g/mol. The summed E-state index contributed by atoms with van der Waals surface area (Å²) in [6.45, 7) is 18.3. The van der Waals surface area contributed by atoms with Gasteiger partial charge in [0.15, 0.2) is 12.0 Å². The molecule has 4 heterocycles. The number of fused-ring (bicyclic) bond motifs is 3. The monoisotopic (exact) mass is 643 g/mol. The summed E-state index contributed by atoms with van der Waals surface area (Å²) >= 11 is 0. The van der Waals surface area contributed by atoms with Crippen LogP contribution in [0.25, 0.3) is 0 Å². The number of ether oxygens (including phenoxy) is 1. The smallest absolute Gasteiger partial charge is 0.351 e. The van der Waals surface area contributed by atoms with Crippen LogP contribution in [0.1, 0.15) is 89.3 Å². The van der Waals surface area contributed by atoms with E-state index in [1.54, 1.807) is 12.1 Å². The molecule has 5 rings (SSSR count). The molecule has 0 aliphatic carbocycles. The molecule has 3 aliphatic rings. The fraction of sp³-hybridized carbons (Fsp3) is 0.581. The third-order valence-electron chi connectivity index (χ3n) is 9.15. The Morgan fingerprint density at radius 2 is 1.59 bits per heavy atom.